The van der Waals surface area contributed by atoms with Crippen LogP contribution >= 0.6 is 11.3 Å². The molecular formula is C19H22N2O4S2. The highest BCUT2D eigenvalue weighted by Gasteiger charge is 2.35. The molecule has 27 heavy (non-hydrogen) atoms. The van der Waals surface area contributed by atoms with E-state index in [0.29, 0.717) is 41.7 Å². The molecule has 1 aromatic heterocycles. The van der Waals surface area contributed by atoms with E-state index in [1.807, 2.05) is 19.1 Å². The van der Waals surface area contributed by atoms with Gasteiger partial charge in [0.1, 0.15) is 16.1 Å². The number of hydrogen-bond acceptors (Lipinski definition) is 5. The summed E-state index contributed by atoms with van der Waals surface area (Å²) in [4.78, 5) is 14.8. The van der Waals surface area contributed by atoms with E-state index in [4.69, 9.17) is 4.74 Å². The largest absolute Gasteiger partial charge is 0.489 e. The molecule has 0 N–H and O–H groups in total. The summed E-state index contributed by atoms with van der Waals surface area (Å²) in [6.45, 7) is 5.45. The number of piperazine rings is 1. The molecule has 144 valence electrons. The smallest absolute Gasteiger partial charge is 0.257 e. The van der Waals surface area contributed by atoms with Crippen LogP contribution in [0, 0.1) is 0 Å². The normalized spacial score (nSPS) is 23.1. The van der Waals surface area contributed by atoms with Gasteiger partial charge < -0.3 is 9.64 Å². The Morgan fingerprint density at radius 1 is 1.11 bits per heavy atom. The molecule has 6 nitrogen and oxygen atoms in total. The highest BCUT2D eigenvalue weighted by Crippen LogP contribution is 2.40. The number of fused-ring (bicyclic) bond motifs is 1. The van der Waals surface area contributed by atoms with E-state index in [-0.39, 0.29) is 17.9 Å². The van der Waals surface area contributed by atoms with Crippen molar-refractivity contribution >= 4 is 27.3 Å². The van der Waals surface area contributed by atoms with Crippen LogP contribution < -0.4 is 4.74 Å². The van der Waals surface area contributed by atoms with Gasteiger partial charge in [-0.05, 0) is 24.4 Å². The number of thiophene rings is 1. The summed E-state index contributed by atoms with van der Waals surface area (Å²) in [6.07, 6.45) is 0.0433. The van der Waals surface area contributed by atoms with Crippen molar-refractivity contribution in [2.45, 2.75) is 30.1 Å². The molecule has 1 fully saturated rings. The Morgan fingerprint density at radius 2 is 1.85 bits per heavy atom. The number of carbonyl (C=O) groups is 1. The molecule has 4 rings (SSSR count). The number of ether oxygens (including phenoxy) is 1. The van der Waals surface area contributed by atoms with Crippen LogP contribution in [-0.4, -0.2) is 55.8 Å². The first-order valence-electron chi connectivity index (χ1n) is 9.02. The maximum absolute atomic E-state index is 13.0. The molecule has 0 radical (unpaired) electrons. The van der Waals surface area contributed by atoms with Crippen molar-refractivity contribution in [1.82, 2.24) is 9.21 Å². The van der Waals surface area contributed by atoms with E-state index in [9.17, 15) is 13.2 Å². The quantitative estimate of drug-likeness (QED) is 0.786. The molecule has 0 bridgehead atoms. The van der Waals surface area contributed by atoms with E-state index in [1.54, 1.807) is 28.5 Å². The second-order valence-electron chi connectivity index (χ2n) is 6.96. The van der Waals surface area contributed by atoms with Crippen LogP contribution in [0.2, 0.25) is 0 Å². The first kappa shape index (κ1) is 18.5. The third-order valence-electron chi connectivity index (χ3n) is 5.39. The number of hydrogen-bond donors (Lipinski definition) is 0. The van der Waals surface area contributed by atoms with Gasteiger partial charge in [-0.25, -0.2) is 8.42 Å². The van der Waals surface area contributed by atoms with Crippen LogP contribution in [0.5, 0.6) is 5.75 Å². The van der Waals surface area contributed by atoms with Crippen LogP contribution in [0.1, 0.15) is 35.7 Å². The van der Waals surface area contributed by atoms with Crippen LogP contribution in [0.25, 0.3) is 0 Å². The molecule has 0 spiro atoms. The maximum Gasteiger partial charge on any atom is 0.257 e. The lowest BCUT2D eigenvalue weighted by atomic mass is 9.96. The highest BCUT2D eigenvalue weighted by molar-refractivity contribution is 7.91. The molecule has 0 aliphatic carbocycles. The van der Waals surface area contributed by atoms with Gasteiger partial charge in [0.2, 0.25) is 0 Å². The zero-order chi connectivity index (χ0) is 19.2. The first-order valence-corrected chi connectivity index (χ1v) is 11.3. The Hall–Kier alpha value is -1.90. The summed E-state index contributed by atoms with van der Waals surface area (Å²) in [5, 5.41) is 1.75. The zero-order valence-electron chi connectivity index (χ0n) is 15.3. The molecule has 8 heteroatoms. The third kappa shape index (κ3) is 3.15. The molecule has 2 aliphatic heterocycles. The van der Waals surface area contributed by atoms with Crippen molar-refractivity contribution < 1.29 is 17.9 Å². The molecule has 2 aromatic rings. The van der Waals surface area contributed by atoms with Gasteiger partial charge >= 0.3 is 0 Å². The summed E-state index contributed by atoms with van der Waals surface area (Å²) >= 11 is 1.21. The lowest BCUT2D eigenvalue weighted by Crippen LogP contribution is -2.50. The molecule has 0 unspecified atom stereocenters. The lowest BCUT2D eigenvalue weighted by molar-refractivity contribution is 0.0693. The van der Waals surface area contributed by atoms with E-state index in [0.717, 1.165) is 5.56 Å². The average Bonchev–Trinajstić information content (AvgIpc) is 3.31. The molecule has 2 atom stereocenters. The van der Waals surface area contributed by atoms with Crippen molar-refractivity contribution in [1.29, 1.82) is 0 Å². The Labute approximate surface area is 163 Å². The minimum absolute atomic E-state index is 0.0433. The Balaban J connectivity index is 1.49. The maximum atomic E-state index is 13.0. The van der Waals surface area contributed by atoms with E-state index < -0.39 is 10.0 Å². The molecule has 1 amide bonds. The number of carbonyl (C=O) groups excluding carboxylic acids is 1. The number of para-hydroxylation sites is 1. The summed E-state index contributed by atoms with van der Waals surface area (Å²) in [6, 6.07) is 9.04. The Kier molecular flexibility index (Phi) is 4.73. The number of nitrogens with zero attached hydrogens (tertiary/aromatic N) is 2. The SMILES string of the molecule is C[C@@H]1c2cccc(C(=O)N3CCN(S(=O)(=O)c4cccs4)CC3)c2O[C@@H]1C. The fraction of sp³-hybridized carbons (Fsp3) is 0.421. The predicted octanol–water partition coefficient (Wildman–Crippen LogP) is 2.78. The van der Waals surface area contributed by atoms with Crippen LogP contribution in [0.15, 0.2) is 39.9 Å². The topological polar surface area (TPSA) is 66.9 Å². The van der Waals surface area contributed by atoms with Crippen molar-refractivity contribution in [3.05, 3.63) is 46.8 Å². The minimum Gasteiger partial charge on any atom is -0.489 e. The van der Waals surface area contributed by atoms with Gasteiger partial charge in [-0.2, -0.15) is 4.31 Å². The van der Waals surface area contributed by atoms with Gasteiger partial charge in [0.15, 0.2) is 0 Å². The number of rotatable bonds is 3. The highest BCUT2D eigenvalue weighted by atomic mass is 32.2. The Morgan fingerprint density at radius 3 is 2.52 bits per heavy atom. The van der Waals surface area contributed by atoms with Crippen molar-refractivity contribution in [2.75, 3.05) is 26.2 Å². The molecule has 1 saturated heterocycles. The van der Waals surface area contributed by atoms with Crippen LogP contribution in [0.3, 0.4) is 0 Å². The van der Waals surface area contributed by atoms with Gasteiger partial charge in [0.25, 0.3) is 15.9 Å². The number of amides is 1. The molecule has 2 aliphatic rings. The fourth-order valence-electron chi connectivity index (χ4n) is 3.59. The average molecular weight is 407 g/mol. The number of sulfonamides is 1. The molecular weight excluding hydrogens is 384 g/mol. The fourth-order valence-corrected chi connectivity index (χ4v) is 6.16. The van der Waals surface area contributed by atoms with E-state index in [2.05, 4.69) is 6.92 Å². The minimum atomic E-state index is -3.47. The monoisotopic (exact) mass is 406 g/mol. The van der Waals surface area contributed by atoms with Gasteiger partial charge in [0.05, 0.1) is 5.56 Å². The van der Waals surface area contributed by atoms with Gasteiger partial charge in [-0.15, -0.1) is 11.3 Å². The second-order valence-corrected chi connectivity index (χ2v) is 10.1. The molecule has 3 heterocycles. The van der Waals surface area contributed by atoms with Crippen molar-refractivity contribution in [3.63, 3.8) is 0 Å². The van der Waals surface area contributed by atoms with Gasteiger partial charge in [-0.1, -0.05) is 25.1 Å². The standard InChI is InChI=1S/C19H22N2O4S2/c1-13-14(2)25-18-15(13)5-3-6-16(18)19(22)20-8-10-21(11-9-20)27(23,24)17-7-4-12-26-17/h3-7,12-14H,8-11H2,1-2H3/t13-,14+/m0/s1. The Bertz CT molecular complexity index is 948. The lowest BCUT2D eigenvalue weighted by Gasteiger charge is -2.34. The van der Waals surface area contributed by atoms with Crippen LogP contribution in [-0.2, 0) is 10.0 Å². The zero-order valence-corrected chi connectivity index (χ0v) is 16.9. The summed E-state index contributed by atoms with van der Waals surface area (Å²) in [5.41, 5.74) is 1.63. The summed E-state index contributed by atoms with van der Waals surface area (Å²) in [5.74, 6) is 0.831. The van der Waals surface area contributed by atoms with Gasteiger partial charge in [0, 0.05) is 37.7 Å². The summed E-state index contributed by atoms with van der Waals surface area (Å²) in [7, 11) is -3.47. The van der Waals surface area contributed by atoms with Crippen molar-refractivity contribution in [3.8, 4) is 5.75 Å². The number of benzene rings is 1. The first-order chi connectivity index (χ1) is 12.9. The van der Waals surface area contributed by atoms with Crippen molar-refractivity contribution in [2.24, 2.45) is 0 Å². The molecule has 1 aromatic carbocycles. The molecule has 0 saturated carbocycles. The van der Waals surface area contributed by atoms with Gasteiger partial charge in [-0.3, -0.25) is 4.79 Å². The third-order valence-corrected chi connectivity index (χ3v) is 8.66. The van der Waals surface area contributed by atoms with Crippen LogP contribution in [0.4, 0.5) is 0 Å². The van der Waals surface area contributed by atoms with E-state index in [1.165, 1.54) is 15.6 Å². The van der Waals surface area contributed by atoms with E-state index >= 15 is 0 Å². The summed E-state index contributed by atoms with van der Waals surface area (Å²) < 4.78 is 33.0. The predicted molar refractivity (Wildman–Crippen MR) is 104 cm³/mol. The second kappa shape index (κ2) is 6.92.